The van der Waals surface area contributed by atoms with Crippen molar-refractivity contribution in [2.75, 3.05) is 12.9 Å². The largest absolute Gasteiger partial charge is 0.497 e. The van der Waals surface area contributed by atoms with E-state index >= 15 is 0 Å². The van der Waals surface area contributed by atoms with Gasteiger partial charge in [0.1, 0.15) is 5.75 Å². The maximum absolute atomic E-state index is 11.8. The Morgan fingerprint density at radius 3 is 2.71 bits per heavy atom. The lowest BCUT2D eigenvalue weighted by Gasteiger charge is -2.06. The van der Waals surface area contributed by atoms with Crippen LogP contribution in [0.2, 0.25) is 0 Å². The van der Waals surface area contributed by atoms with Gasteiger partial charge in [-0.3, -0.25) is 4.79 Å². The average Bonchev–Trinajstić information content (AvgIpc) is 2.91. The number of amides is 1. The molecule has 0 aliphatic rings. The van der Waals surface area contributed by atoms with Gasteiger partial charge >= 0.3 is 0 Å². The highest BCUT2D eigenvalue weighted by atomic mass is 32.2. The van der Waals surface area contributed by atoms with Gasteiger partial charge < -0.3 is 10.1 Å². The first-order valence-electron chi connectivity index (χ1n) is 6.44. The fourth-order valence-electron chi connectivity index (χ4n) is 1.62. The number of rotatable bonds is 7. The number of aryl methyl sites for hydroxylation is 1. The van der Waals surface area contributed by atoms with Crippen molar-refractivity contribution in [2.24, 2.45) is 0 Å². The fourth-order valence-corrected chi connectivity index (χ4v) is 3.12. The molecule has 0 unspecified atom stereocenters. The second-order valence-corrected chi connectivity index (χ2v) is 5.93. The number of benzene rings is 1. The van der Waals surface area contributed by atoms with E-state index in [-0.39, 0.29) is 5.91 Å². The number of aromatic nitrogens is 2. The zero-order valence-electron chi connectivity index (χ0n) is 12.0. The second kappa shape index (κ2) is 7.99. The van der Waals surface area contributed by atoms with Crippen LogP contribution in [0.25, 0.3) is 0 Å². The molecule has 21 heavy (non-hydrogen) atoms. The van der Waals surface area contributed by atoms with Crippen LogP contribution in [0.3, 0.4) is 0 Å². The normalized spacial score (nSPS) is 10.4. The van der Waals surface area contributed by atoms with E-state index in [1.807, 2.05) is 31.2 Å². The molecule has 0 fully saturated rings. The second-order valence-electron chi connectivity index (χ2n) is 4.41. The van der Waals surface area contributed by atoms with Crippen molar-refractivity contribution in [1.29, 1.82) is 0 Å². The van der Waals surface area contributed by atoms with Crippen molar-refractivity contribution in [3.8, 4) is 5.75 Å². The predicted octanol–water partition coefficient (Wildman–Crippen LogP) is 2.40. The first-order chi connectivity index (χ1) is 10.2. The minimum absolute atomic E-state index is 0.0247. The van der Waals surface area contributed by atoms with Crippen LogP contribution in [0, 0.1) is 6.92 Å². The maximum Gasteiger partial charge on any atom is 0.230 e. The maximum atomic E-state index is 11.8. The molecule has 1 aromatic heterocycles. The summed E-state index contributed by atoms with van der Waals surface area (Å²) in [4.78, 5) is 11.8. The van der Waals surface area contributed by atoms with Crippen molar-refractivity contribution in [1.82, 2.24) is 14.1 Å². The zero-order chi connectivity index (χ0) is 15.1. The third-order valence-electron chi connectivity index (χ3n) is 2.87. The van der Waals surface area contributed by atoms with Crippen LogP contribution < -0.4 is 10.1 Å². The van der Waals surface area contributed by atoms with Crippen molar-refractivity contribution >= 4 is 29.4 Å². The number of carbonyl (C=O) groups is 1. The minimum Gasteiger partial charge on any atom is -0.497 e. The number of carbonyl (C=O) groups excluding carboxylic acids is 1. The van der Waals surface area contributed by atoms with Gasteiger partial charge in [-0.05, 0) is 24.6 Å². The summed E-state index contributed by atoms with van der Waals surface area (Å²) in [5.74, 6) is 1.98. The number of nitrogens with one attached hydrogen (secondary N) is 1. The molecule has 1 N–H and O–H groups in total. The standard InChI is InChI=1S/C14H17N3O2S2/c1-10-13(17-21-16-10)8-20-9-14(18)15-7-11-3-5-12(19-2)6-4-11/h3-6H,7-9H2,1-2H3,(H,15,18). The Hall–Kier alpha value is -1.60. The topological polar surface area (TPSA) is 64.1 Å². The summed E-state index contributed by atoms with van der Waals surface area (Å²) in [5, 5.41) is 2.90. The van der Waals surface area contributed by atoms with Crippen LogP contribution in [0.1, 0.15) is 17.0 Å². The zero-order valence-corrected chi connectivity index (χ0v) is 13.6. The number of nitrogens with zero attached hydrogens (tertiary/aromatic N) is 2. The Morgan fingerprint density at radius 2 is 2.10 bits per heavy atom. The van der Waals surface area contributed by atoms with E-state index in [1.165, 1.54) is 11.7 Å². The molecule has 2 rings (SSSR count). The smallest absolute Gasteiger partial charge is 0.230 e. The highest BCUT2D eigenvalue weighted by molar-refractivity contribution is 7.99. The van der Waals surface area contributed by atoms with Gasteiger partial charge in [0, 0.05) is 12.3 Å². The summed E-state index contributed by atoms with van der Waals surface area (Å²) in [5.41, 5.74) is 2.97. The Morgan fingerprint density at radius 1 is 1.33 bits per heavy atom. The SMILES string of the molecule is COc1ccc(CNC(=O)CSCc2nsnc2C)cc1. The van der Waals surface area contributed by atoms with E-state index in [9.17, 15) is 4.79 Å². The summed E-state index contributed by atoms with van der Waals surface area (Å²) >= 11 is 2.76. The molecule has 0 aliphatic heterocycles. The average molecular weight is 323 g/mol. The third kappa shape index (κ3) is 5.02. The van der Waals surface area contributed by atoms with Gasteiger partial charge in [-0.15, -0.1) is 11.8 Å². The van der Waals surface area contributed by atoms with E-state index in [2.05, 4.69) is 14.1 Å². The Bertz CT molecular complexity index is 584. The molecule has 0 aliphatic carbocycles. The Labute approximate surface area is 132 Å². The summed E-state index contributed by atoms with van der Waals surface area (Å²) in [6, 6.07) is 7.65. The monoisotopic (exact) mass is 323 g/mol. The van der Waals surface area contributed by atoms with Crippen LogP contribution in [-0.2, 0) is 17.1 Å². The molecule has 112 valence electrons. The lowest BCUT2D eigenvalue weighted by molar-refractivity contribution is -0.118. The Balaban J connectivity index is 1.68. The molecule has 1 aromatic carbocycles. The van der Waals surface area contributed by atoms with Crippen LogP contribution >= 0.6 is 23.5 Å². The van der Waals surface area contributed by atoms with Crippen LogP contribution in [-0.4, -0.2) is 27.5 Å². The van der Waals surface area contributed by atoms with Gasteiger partial charge in [-0.1, -0.05) is 12.1 Å². The van der Waals surface area contributed by atoms with E-state index in [4.69, 9.17) is 4.74 Å². The lowest BCUT2D eigenvalue weighted by atomic mass is 10.2. The van der Waals surface area contributed by atoms with Crippen LogP contribution in [0.15, 0.2) is 24.3 Å². The van der Waals surface area contributed by atoms with Crippen molar-refractivity contribution in [3.63, 3.8) is 0 Å². The van der Waals surface area contributed by atoms with E-state index < -0.39 is 0 Å². The number of methoxy groups -OCH3 is 1. The molecular formula is C14H17N3O2S2. The highest BCUT2D eigenvalue weighted by Gasteiger charge is 2.06. The summed E-state index contributed by atoms with van der Waals surface area (Å²) in [6.45, 7) is 2.46. The van der Waals surface area contributed by atoms with Crippen molar-refractivity contribution in [2.45, 2.75) is 19.2 Å². The van der Waals surface area contributed by atoms with Gasteiger partial charge in [0.05, 0.1) is 36.0 Å². The minimum atomic E-state index is 0.0247. The first-order valence-corrected chi connectivity index (χ1v) is 8.33. The Kier molecular flexibility index (Phi) is 6.01. The molecule has 0 saturated heterocycles. The van der Waals surface area contributed by atoms with Gasteiger partial charge in [-0.2, -0.15) is 8.75 Å². The summed E-state index contributed by atoms with van der Waals surface area (Å²) in [6.07, 6.45) is 0. The van der Waals surface area contributed by atoms with Crippen LogP contribution in [0.4, 0.5) is 0 Å². The van der Waals surface area contributed by atoms with Crippen molar-refractivity contribution in [3.05, 3.63) is 41.2 Å². The predicted molar refractivity (Wildman–Crippen MR) is 85.6 cm³/mol. The first kappa shape index (κ1) is 15.8. The molecule has 0 bridgehead atoms. The number of ether oxygens (including phenoxy) is 1. The lowest BCUT2D eigenvalue weighted by Crippen LogP contribution is -2.24. The molecule has 0 atom stereocenters. The molecule has 1 heterocycles. The van der Waals surface area contributed by atoms with Gasteiger partial charge in [0.2, 0.25) is 5.91 Å². The van der Waals surface area contributed by atoms with Gasteiger partial charge in [-0.25, -0.2) is 0 Å². The van der Waals surface area contributed by atoms with Gasteiger partial charge in [0.25, 0.3) is 0 Å². The van der Waals surface area contributed by atoms with E-state index in [0.717, 1.165) is 28.5 Å². The summed E-state index contributed by atoms with van der Waals surface area (Å²) < 4.78 is 13.4. The van der Waals surface area contributed by atoms with Crippen molar-refractivity contribution < 1.29 is 9.53 Å². The molecule has 7 heteroatoms. The van der Waals surface area contributed by atoms with E-state index in [1.54, 1.807) is 18.9 Å². The molecular weight excluding hydrogens is 306 g/mol. The van der Waals surface area contributed by atoms with E-state index in [0.29, 0.717) is 12.3 Å². The third-order valence-corrected chi connectivity index (χ3v) is 4.47. The summed E-state index contributed by atoms with van der Waals surface area (Å²) in [7, 11) is 1.63. The van der Waals surface area contributed by atoms with Gasteiger partial charge in [0.15, 0.2) is 0 Å². The highest BCUT2D eigenvalue weighted by Crippen LogP contribution is 2.14. The molecule has 0 saturated carbocycles. The molecule has 5 nitrogen and oxygen atoms in total. The molecule has 0 spiro atoms. The molecule has 1 amide bonds. The quantitative estimate of drug-likeness (QED) is 0.848. The molecule has 2 aromatic rings. The number of hydrogen-bond acceptors (Lipinski definition) is 6. The fraction of sp³-hybridized carbons (Fsp3) is 0.357. The number of thioether (sulfide) groups is 1. The van der Waals surface area contributed by atoms with Crippen LogP contribution in [0.5, 0.6) is 5.75 Å². The molecule has 0 radical (unpaired) electrons. The number of hydrogen-bond donors (Lipinski definition) is 1.